The van der Waals surface area contributed by atoms with Crippen LogP contribution in [0.25, 0.3) is 5.57 Å². The van der Waals surface area contributed by atoms with Crippen molar-refractivity contribution in [2.75, 3.05) is 42.8 Å². The van der Waals surface area contributed by atoms with Crippen molar-refractivity contribution in [3.8, 4) is 0 Å². The van der Waals surface area contributed by atoms with Crippen molar-refractivity contribution in [3.63, 3.8) is 0 Å². The molecule has 180 valence electrons. The zero-order valence-corrected chi connectivity index (χ0v) is 20.6. The van der Waals surface area contributed by atoms with Crippen molar-refractivity contribution < 1.29 is 8.95 Å². The third kappa shape index (κ3) is 4.24. The van der Waals surface area contributed by atoms with Gasteiger partial charge >= 0.3 is 0 Å². The Bertz CT molecular complexity index is 1130. The Labute approximate surface area is 203 Å². The minimum Gasteiger partial charge on any atom is -0.382 e. The van der Waals surface area contributed by atoms with Crippen molar-refractivity contribution in [1.29, 1.82) is 0 Å². The molecule has 8 nitrogen and oxygen atoms in total. The van der Waals surface area contributed by atoms with Gasteiger partial charge in [0.25, 0.3) is 0 Å². The number of anilines is 2. The zero-order chi connectivity index (χ0) is 23.1. The molecule has 0 unspecified atom stereocenters. The topological polar surface area (TPSA) is 93.1 Å². The first-order chi connectivity index (χ1) is 16.6. The Morgan fingerprint density at radius 1 is 1.18 bits per heavy atom. The second kappa shape index (κ2) is 9.00. The summed E-state index contributed by atoms with van der Waals surface area (Å²) in [6.07, 6.45) is 14.6. The Hall–Kier alpha value is -2.39. The molecule has 34 heavy (non-hydrogen) atoms. The number of methoxy groups -OCH3 is 1. The van der Waals surface area contributed by atoms with E-state index in [1.165, 1.54) is 30.4 Å². The lowest BCUT2D eigenvalue weighted by molar-refractivity contribution is 0.0978. The van der Waals surface area contributed by atoms with Gasteiger partial charge in [-0.25, -0.2) is 15.0 Å². The molecule has 2 aromatic heterocycles. The summed E-state index contributed by atoms with van der Waals surface area (Å²) in [6, 6.07) is 0. The van der Waals surface area contributed by atoms with Gasteiger partial charge in [0.15, 0.2) is 5.82 Å². The van der Waals surface area contributed by atoms with Gasteiger partial charge in [0.2, 0.25) is 5.95 Å². The van der Waals surface area contributed by atoms with Gasteiger partial charge in [0.05, 0.1) is 28.6 Å². The van der Waals surface area contributed by atoms with E-state index in [1.54, 1.807) is 7.11 Å². The van der Waals surface area contributed by atoms with Crippen molar-refractivity contribution in [2.24, 2.45) is 0 Å². The monoisotopic (exact) mass is 480 g/mol. The highest BCUT2D eigenvalue weighted by molar-refractivity contribution is 7.85. The highest BCUT2D eigenvalue weighted by atomic mass is 32.2. The fourth-order valence-corrected chi connectivity index (χ4v) is 6.55. The molecule has 0 bridgehead atoms. The molecule has 1 atom stereocenters. The average Bonchev–Trinajstić information content (AvgIpc) is 3.68. The van der Waals surface area contributed by atoms with E-state index < -0.39 is 10.8 Å². The van der Waals surface area contributed by atoms with Crippen LogP contribution in [0.2, 0.25) is 0 Å². The van der Waals surface area contributed by atoms with Gasteiger partial charge in [0.1, 0.15) is 10.7 Å². The molecular formula is C25H32N6O2S. The van der Waals surface area contributed by atoms with Gasteiger partial charge in [-0.05, 0) is 68.4 Å². The normalized spacial score (nSPS) is 23.6. The van der Waals surface area contributed by atoms with Crippen LogP contribution >= 0.6 is 0 Å². The lowest BCUT2D eigenvalue weighted by Gasteiger charge is -2.43. The van der Waals surface area contributed by atoms with Crippen molar-refractivity contribution >= 4 is 28.1 Å². The van der Waals surface area contributed by atoms with E-state index in [0.717, 1.165) is 60.9 Å². The average molecular weight is 481 g/mol. The second-order valence-electron chi connectivity index (χ2n) is 10.0. The number of aryl methyl sites for hydroxylation is 1. The minimum absolute atomic E-state index is 0.116. The summed E-state index contributed by atoms with van der Waals surface area (Å²) >= 11 is 0. The number of fused-ring (bicyclic) bond motifs is 1. The molecule has 2 fully saturated rings. The Kier molecular flexibility index (Phi) is 5.85. The molecule has 0 saturated heterocycles. The molecule has 6 rings (SSSR count). The quantitative estimate of drug-likeness (QED) is 0.644. The maximum absolute atomic E-state index is 12.9. The molecule has 2 aliphatic heterocycles. The number of aromatic nitrogens is 4. The fourth-order valence-electron chi connectivity index (χ4n) is 5.21. The molecule has 9 heteroatoms. The first kappa shape index (κ1) is 22.1. The summed E-state index contributed by atoms with van der Waals surface area (Å²) < 4.78 is 18.4. The van der Waals surface area contributed by atoms with Crippen LogP contribution < -0.4 is 10.2 Å². The number of rotatable bonds is 7. The van der Waals surface area contributed by atoms with Gasteiger partial charge in [-0.15, -0.1) is 0 Å². The van der Waals surface area contributed by atoms with E-state index in [-0.39, 0.29) is 5.54 Å². The Balaban J connectivity index is 1.25. The fraction of sp³-hybridized carbons (Fsp3) is 0.600. The minimum atomic E-state index is -1.06. The zero-order valence-electron chi connectivity index (χ0n) is 19.8. The van der Waals surface area contributed by atoms with Crippen LogP contribution in [0.1, 0.15) is 67.9 Å². The van der Waals surface area contributed by atoms with Gasteiger partial charge in [-0.3, -0.25) is 4.21 Å². The molecule has 4 heterocycles. The molecule has 0 aromatic carbocycles. The smallest absolute Gasteiger partial charge is 0.227 e. The van der Waals surface area contributed by atoms with Crippen molar-refractivity contribution in [3.05, 3.63) is 35.6 Å². The summed E-state index contributed by atoms with van der Waals surface area (Å²) in [7, 11) is 0.674. The van der Waals surface area contributed by atoms with E-state index in [9.17, 15) is 4.21 Å². The van der Waals surface area contributed by atoms with E-state index in [1.807, 2.05) is 12.4 Å². The highest BCUT2D eigenvalue weighted by Crippen LogP contribution is 2.40. The summed E-state index contributed by atoms with van der Waals surface area (Å²) in [5.74, 6) is 3.64. The van der Waals surface area contributed by atoms with Crippen LogP contribution in [-0.2, 0) is 22.0 Å². The molecule has 2 saturated carbocycles. The van der Waals surface area contributed by atoms with Crippen LogP contribution in [0.5, 0.6) is 0 Å². The standard InChI is InChI=1S/C25H32N6O2S/c1-33-16-25(9-3-10-25)30-23-21-20(4-2-13-34(21)32)28-24(29-23)31-11-7-18(8-12-31)22-26-14-19(15-27-22)17-5-6-17/h7,14-15,17H,2-6,8-13,16H2,1H3,(H,28,29,30)/t34-/m0/s1. The number of nitrogens with one attached hydrogen (secondary N) is 1. The van der Waals surface area contributed by atoms with Crippen LogP contribution in [-0.4, -0.2) is 62.2 Å². The molecule has 0 amide bonds. The molecule has 0 radical (unpaired) electrons. The van der Waals surface area contributed by atoms with E-state index in [0.29, 0.717) is 30.8 Å². The molecule has 2 aromatic rings. The SMILES string of the molecule is COCC1(Nc2nc(N3CC=C(c4ncc(C5CC5)cn4)CC3)nc3c2[S@@](=O)CCC3)CCC1. The van der Waals surface area contributed by atoms with Crippen LogP contribution in [0.4, 0.5) is 11.8 Å². The van der Waals surface area contributed by atoms with Gasteiger partial charge in [0, 0.05) is 38.3 Å². The largest absolute Gasteiger partial charge is 0.382 e. The maximum atomic E-state index is 12.9. The van der Waals surface area contributed by atoms with E-state index in [2.05, 4.69) is 26.3 Å². The molecular weight excluding hydrogens is 448 g/mol. The van der Waals surface area contributed by atoms with Crippen LogP contribution in [0.15, 0.2) is 23.4 Å². The predicted octanol–water partition coefficient (Wildman–Crippen LogP) is 3.47. The van der Waals surface area contributed by atoms with Crippen LogP contribution in [0.3, 0.4) is 0 Å². The maximum Gasteiger partial charge on any atom is 0.227 e. The van der Waals surface area contributed by atoms with Crippen molar-refractivity contribution in [2.45, 2.75) is 67.7 Å². The highest BCUT2D eigenvalue weighted by Gasteiger charge is 2.39. The summed E-state index contributed by atoms with van der Waals surface area (Å²) in [5, 5.41) is 3.65. The number of nitrogens with zero attached hydrogens (tertiary/aromatic N) is 5. The predicted molar refractivity (Wildman–Crippen MR) is 133 cm³/mol. The summed E-state index contributed by atoms with van der Waals surface area (Å²) in [5.41, 5.74) is 3.26. The lowest BCUT2D eigenvalue weighted by atomic mass is 9.77. The van der Waals surface area contributed by atoms with Gasteiger partial charge < -0.3 is 15.0 Å². The molecule has 0 spiro atoms. The van der Waals surface area contributed by atoms with Crippen molar-refractivity contribution in [1.82, 2.24) is 19.9 Å². The third-order valence-electron chi connectivity index (χ3n) is 7.51. The summed E-state index contributed by atoms with van der Waals surface area (Å²) in [4.78, 5) is 22.1. The van der Waals surface area contributed by atoms with Gasteiger partial charge in [-0.1, -0.05) is 6.08 Å². The number of hydrogen-bond donors (Lipinski definition) is 1. The number of ether oxygens (including phenoxy) is 1. The summed E-state index contributed by atoms with van der Waals surface area (Å²) in [6.45, 7) is 2.15. The first-order valence-electron chi connectivity index (χ1n) is 12.5. The molecule has 1 N–H and O–H groups in total. The third-order valence-corrected chi connectivity index (χ3v) is 9.05. The van der Waals surface area contributed by atoms with E-state index in [4.69, 9.17) is 14.7 Å². The van der Waals surface area contributed by atoms with Gasteiger partial charge in [-0.2, -0.15) is 4.98 Å². The Morgan fingerprint density at radius 3 is 2.65 bits per heavy atom. The number of hydrogen-bond acceptors (Lipinski definition) is 8. The first-order valence-corrected chi connectivity index (χ1v) is 13.8. The molecule has 2 aliphatic carbocycles. The van der Waals surface area contributed by atoms with E-state index >= 15 is 0 Å². The Morgan fingerprint density at radius 2 is 2.00 bits per heavy atom. The van der Waals surface area contributed by atoms with Crippen LogP contribution in [0, 0.1) is 0 Å². The molecule has 4 aliphatic rings. The second-order valence-corrected chi connectivity index (χ2v) is 11.5. The lowest BCUT2D eigenvalue weighted by Crippen LogP contribution is -2.49.